The zero-order chi connectivity index (χ0) is 22.3. The molecule has 2 aromatic heterocycles. The molecule has 1 amide bonds. The van der Waals surface area contributed by atoms with Gasteiger partial charge in [-0.2, -0.15) is 0 Å². The maximum Gasteiger partial charge on any atom is 0.255 e. The highest BCUT2D eigenvalue weighted by Gasteiger charge is 2.16. The van der Waals surface area contributed by atoms with E-state index in [1.807, 2.05) is 47.4 Å². The number of rotatable bonds is 7. The summed E-state index contributed by atoms with van der Waals surface area (Å²) in [6.45, 7) is 0. The maximum absolute atomic E-state index is 12.7. The predicted octanol–water partition coefficient (Wildman–Crippen LogP) is 4.61. The monoisotopic (exact) mass is 427 g/mol. The van der Waals surface area contributed by atoms with Gasteiger partial charge in [0.1, 0.15) is 17.3 Å². The Morgan fingerprint density at radius 3 is 2.06 bits per heavy atom. The van der Waals surface area contributed by atoms with Gasteiger partial charge < -0.3 is 14.8 Å². The molecule has 0 aliphatic heterocycles. The highest BCUT2D eigenvalue weighted by Crippen LogP contribution is 2.31. The van der Waals surface area contributed by atoms with Gasteiger partial charge in [-0.15, -0.1) is 0 Å². The van der Waals surface area contributed by atoms with E-state index in [-0.39, 0.29) is 5.91 Å². The number of hydrogen-bond donors (Lipinski definition) is 1. The lowest BCUT2D eigenvalue weighted by molar-refractivity contribution is 0.102. The molecule has 1 N–H and O–H groups in total. The van der Waals surface area contributed by atoms with E-state index in [0.717, 1.165) is 5.69 Å². The van der Waals surface area contributed by atoms with Gasteiger partial charge in [-0.25, -0.2) is 15.0 Å². The van der Waals surface area contributed by atoms with Gasteiger partial charge in [-0.1, -0.05) is 6.07 Å². The van der Waals surface area contributed by atoms with Crippen LogP contribution in [0.25, 0.3) is 0 Å². The Balaban J connectivity index is 1.59. The maximum atomic E-state index is 12.7. The Hall–Kier alpha value is -4.46. The van der Waals surface area contributed by atoms with Gasteiger partial charge in [0.15, 0.2) is 0 Å². The van der Waals surface area contributed by atoms with Crippen molar-refractivity contribution in [2.75, 3.05) is 24.4 Å². The van der Waals surface area contributed by atoms with Crippen LogP contribution >= 0.6 is 0 Å². The summed E-state index contributed by atoms with van der Waals surface area (Å²) in [6, 6.07) is 19.8. The van der Waals surface area contributed by atoms with Crippen LogP contribution in [0.3, 0.4) is 0 Å². The summed E-state index contributed by atoms with van der Waals surface area (Å²) in [7, 11) is 3.08. The van der Waals surface area contributed by atoms with E-state index in [4.69, 9.17) is 9.47 Å². The van der Waals surface area contributed by atoms with Crippen molar-refractivity contribution in [2.45, 2.75) is 0 Å². The zero-order valence-electron chi connectivity index (χ0n) is 17.6. The second kappa shape index (κ2) is 9.57. The number of anilines is 4. The molecular formula is C24H21N5O3. The number of amides is 1. The average Bonchev–Trinajstić information content (AvgIpc) is 2.86. The fourth-order valence-corrected chi connectivity index (χ4v) is 3.08. The highest BCUT2D eigenvalue weighted by atomic mass is 16.5. The molecular weight excluding hydrogens is 406 g/mol. The van der Waals surface area contributed by atoms with Crippen LogP contribution in [0.15, 0.2) is 85.3 Å². The van der Waals surface area contributed by atoms with E-state index in [1.165, 1.54) is 0 Å². The van der Waals surface area contributed by atoms with Crippen molar-refractivity contribution in [3.8, 4) is 11.5 Å². The van der Waals surface area contributed by atoms with Gasteiger partial charge in [-0.05, 0) is 54.6 Å². The molecule has 0 unspecified atom stereocenters. The van der Waals surface area contributed by atoms with Gasteiger partial charge in [0, 0.05) is 35.9 Å². The van der Waals surface area contributed by atoms with Crippen molar-refractivity contribution in [3.63, 3.8) is 0 Å². The summed E-state index contributed by atoms with van der Waals surface area (Å²) < 4.78 is 10.5. The minimum absolute atomic E-state index is 0.275. The van der Waals surface area contributed by atoms with Crippen molar-refractivity contribution in [3.05, 3.63) is 90.9 Å². The van der Waals surface area contributed by atoms with Crippen molar-refractivity contribution in [1.82, 2.24) is 15.0 Å². The molecule has 2 heterocycles. The van der Waals surface area contributed by atoms with E-state index >= 15 is 0 Å². The molecule has 0 radical (unpaired) electrons. The second-order valence-electron chi connectivity index (χ2n) is 6.67. The van der Waals surface area contributed by atoms with Crippen LogP contribution < -0.4 is 19.7 Å². The van der Waals surface area contributed by atoms with Crippen molar-refractivity contribution in [1.29, 1.82) is 0 Å². The van der Waals surface area contributed by atoms with Crippen molar-refractivity contribution >= 4 is 29.0 Å². The quantitative estimate of drug-likeness (QED) is 0.461. The van der Waals surface area contributed by atoms with Gasteiger partial charge in [0.25, 0.3) is 5.91 Å². The smallest absolute Gasteiger partial charge is 0.255 e. The largest absolute Gasteiger partial charge is 0.497 e. The van der Waals surface area contributed by atoms with Crippen LogP contribution in [-0.4, -0.2) is 35.1 Å². The number of nitrogens with one attached hydrogen (secondary N) is 1. The molecule has 0 saturated carbocycles. The third-order valence-corrected chi connectivity index (χ3v) is 4.63. The average molecular weight is 427 g/mol. The van der Waals surface area contributed by atoms with E-state index in [9.17, 15) is 4.79 Å². The molecule has 0 atom stereocenters. The molecule has 0 spiro atoms. The van der Waals surface area contributed by atoms with Crippen molar-refractivity contribution in [2.24, 2.45) is 0 Å². The van der Waals surface area contributed by atoms with E-state index in [2.05, 4.69) is 20.3 Å². The van der Waals surface area contributed by atoms with Gasteiger partial charge in [0.05, 0.1) is 19.9 Å². The molecule has 2 aromatic carbocycles. The summed E-state index contributed by atoms with van der Waals surface area (Å²) in [5.74, 6) is 1.98. The van der Waals surface area contributed by atoms with Crippen LogP contribution in [0, 0.1) is 0 Å². The molecule has 0 saturated heterocycles. The van der Waals surface area contributed by atoms with Crippen LogP contribution in [0.5, 0.6) is 11.5 Å². The fraction of sp³-hybridized carbons (Fsp3) is 0.0833. The molecule has 0 fully saturated rings. The Labute approximate surface area is 185 Å². The van der Waals surface area contributed by atoms with Crippen LogP contribution in [0.2, 0.25) is 0 Å². The SMILES string of the molecule is COc1cc(OC)cc(C(=O)Nc2ccc(N(c3ccccn3)c3ncccn3)cc2)c1. The molecule has 4 aromatic rings. The van der Waals surface area contributed by atoms with E-state index in [0.29, 0.717) is 34.5 Å². The van der Waals surface area contributed by atoms with Gasteiger partial charge >= 0.3 is 0 Å². The minimum atomic E-state index is -0.275. The molecule has 8 heteroatoms. The van der Waals surface area contributed by atoms with Crippen LogP contribution in [0.1, 0.15) is 10.4 Å². The normalized spacial score (nSPS) is 10.3. The first-order valence-electron chi connectivity index (χ1n) is 9.80. The highest BCUT2D eigenvalue weighted by molar-refractivity contribution is 6.04. The standard InChI is InChI=1S/C24H21N5O3/c1-31-20-14-17(15-21(16-20)32-2)23(30)28-18-7-9-19(10-8-18)29(22-6-3-4-11-25-22)24-26-12-5-13-27-24/h3-16H,1-2H3,(H,28,30). The minimum Gasteiger partial charge on any atom is -0.497 e. The summed E-state index contributed by atoms with van der Waals surface area (Å²) in [4.78, 5) is 27.7. The number of nitrogens with zero attached hydrogens (tertiary/aromatic N) is 4. The summed E-state index contributed by atoms with van der Waals surface area (Å²) in [5, 5.41) is 2.89. The Morgan fingerprint density at radius 2 is 1.47 bits per heavy atom. The molecule has 32 heavy (non-hydrogen) atoms. The zero-order valence-corrected chi connectivity index (χ0v) is 17.6. The number of hydrogen-bond acceptors (Lipinski definition) is 7. The van der Waals surface area contributed by atoms with E-state index < -0.39 is 0 Å². The number of methoxy groups -OCH3 is 2. The second-order valence-corrected chi connectivity index (χ2v) is 6.67. The lowest BCUT2D eigenvalue weighted by Gasteiger charge is -2.21. The topological polar surface area (TPSA) is 89.5 Å². The Bertz CT molecular complexity index is 1120. The Morgan fingerprint density at radius 1 is 0.812 bits per heavy atom. The number of benzene rings is 2. The van der Waals surface area contributed by atoms with Gasteiger partial charge in [0.2, 0.25) is 5.95 Å². The number of aromatic nitrogens is 3. The molecule has 8 nitrogen and oxygen atoms in total. The summed E-state index contributed by atoms with van der Waals surface area (Å²) in [6.07, 6.45) is 5.06. The third kappa shape index (κ3) is 4.65. The molecule has 4 rings (SSSR count). The molecule has 160 valence electrons. The summed E-state index contributed by atoms with van der Waals surface area (Å²) in [5.41, 5.74) is 1.87. The summed E-state index contributed by atoms with van der Waals surface area (Å²) >= 11 is 0. The predicted molar refractivity (Wildman–Crippen MR) is 122 cm³/mol. The fourth-order valence-electron chi connectivity index (χ4n) is 3.08. The number of ether oxygens (including phenoxy) is 2. The first-order chi connectivity index (χ1) is 15.7. The van der Waals surface area contributed by atoms with Crippen LogP contribution in [0.4, 0.5) is 23.1 Å². The number of pyridine rings is 1. The Kier molecular flexibility index (Phi) is 6.22. The van der Waals surface area contributed by atoms with Crippen molar-refractivity contribution < 1.29 is 14.3 Å². The lowest BCUT2D eigenvalue weighted by atomic mass is 10.1. The van der Waals surface area contributed by atoms with Crippen LogP contribution in [-0.2, 0) is 0 Å². The third-order valence-electron chi connectivity index (χ3n) is 4.63. The molecule has 0 aliphatic rings. The first kappa shape index (κ1) is 20.8. The first-order valence-corrected chi connectivity index (χ1v) is 9.80. The lowest BCUT2D eigenvalue weighted by Crippen LogP contribution is -2.15. The molecule has 0 aliphatic carbocycles. The van der Waals surface area contributed by atoms with Gasteiger partial charge in [-0.3, -0.25) is 9.69 Å². The van der Waals surface area contributed by atoms with E-state index in [1.54, 1.807) is 57.1 Å². The number of carbonyl (C=O) groups excluding carboxylic acids is 1. The molecule has 0 bridgehead atoms. The number of carbonyl (C=O) groups is 1.